The number of aryl methyl sites for hydroxylation is 1. The van der Waals surface area contributed by atoms with Crippen molar-refractivity contribution in [2.24, 2.45) is 0 Å². The molecule has 2 aromatic rings. The van der Waals surface area contributed by atoms with Crippen molar-refractivity contribution < 1.29 is 23.5 Å². The van der Waals surface area contributed by atoms with Crippen LogP contribution < -0.4 is 10.1 Å². The summed E-state index contributed by atoms with van der Waals surface area (Å²) in [6.45, 7) is 3.45. The van der Waals surface area contributed by atoms with Crippen molar-refractivity contribution in [3.8, 4) is 5.75 Å². The van der Waals surface area contributed by atoms with Crippen LogP contribution in [0.15, 0.2) is 42.5 Å². The molecule has 0 radical (unpaired) electrons. The molecule has 6 heteroatoms. The fraction of sp³-hybridized carbons (Fsp3) is 0.222. The molecule has 0 saturated carbocycles. The summed E-state index contributed by atoms with van der Waals surface area (Å²) in [5.74, 6) is -0.771. The van der Waals surface area contributed by atoms with E-state index in [9.17, 15) is 14.0 Å². The quantitative estimate of drug-likeness (QED) is 0.825. The van der Waals surface area contributed by atoms with E-state index in [0.29, 0.717) is 29.2 Å². The number of halogens is 1. The van der Waals surface area contributed by atoms with E-state index in [-0.39, 0.29) is 12.4 Å². The van der Waals surface area contributed by atoms with Gasteiger partial charge in [-0.1, -0.05) is 6.07 Å². The molecule has 0 fully saturated rings. The topological polar surface area (TPSA) is 64.6 Å². The predicted octanol–water partition coefficient (Wildman–Crippen LogP) is 3.33. The molecule has 0 unspecified atom stereocenters. The second-order valence-corrected chi connectivity index (χ2v) is 5.05. The van der Waals surface area contributed by atoms with Gasteiger partial charge in [0.2, 0.25) is 0 Å². The number of benzene rings is 2. The summed E-state index contributed by atoms with van der Waals surface area (Å²) in [5.41, 5.74) is 1.28. The molecule has 0 bridgehead atoms. The van der Waals surface area contributed by atoms with Crippen LogP contribution in [0.1, 0.15) is 22.8 Å². The van der Waals surface area contributed by atoms with Gasteiger partial charge in [-0.2, -0.15) is 0 Å². The molecule has 2 aromatic carbocycles. The number of carbonyl (C=O) groups is 2. The van der Waals surface area contributed by atoms with E-state index in [1.165, 1.54) is 6.07 Å². The van der Waals surface area contributed by atoms with Crippen LogP contribution in [0.4, 0.5) is 10.1 Å². The zero-order chi connectivity index (χ0) is 17.5. The first-order valence-electron chi connectivity index (χ1n) is 7.45. The molecule has 0 spiro atoms. The highest BCUT2D eigenvalue weighted by Gasteiger charge is 2.08. The van der Waals surface area contributed by atoms with Crippen LogP contribution in [0, 0.1) is 12.7 Å². The Morgan fingerprint density at radius 3 is 2.46 bits per heavy atom. The Balaban J connectivity index is 1.87. The lowest BCUT2D eigenvalue weighted by molar-refractivity contribution is -0.118. The number of hydrogen-bond acceptors (Lipinski definition) is 4. The van der Waals surface area contributed by atoms with Gasteiger partial charge in [-0.05, 0) is 55.8 Å². The highest BCUT2D eigenvalue weighted by atomic mass is 19.1. The molecule has 0 heterocycles. The lowest BCUT2D eigenvalue weighted by atomic mass is 10.2. The summed E-state index contributed by atoms with van der Waals surface area (Å²) in [4.78, 5) is 23.3. The first kappa shape index (κ1) is 17.5. The molecular formula is C18H18FNO4. The van der Waals surface area contributed by atoms with Crippen LogP contribution >= 0.6 is 0 Å². The normalized spacial score (nSPS) is 10.1. The average Bonchev–Trinajstić information content (AvgIpc) is 2.57. The number of rotatable bonds is 6. The van der Waals surface area contributed by atoms with Crippen molar-refractivity contribution in [2.45, 2.75) is 13.8 Å². The van der Waals surface area contributed by atoms with Gasteiger partial charge in [-0.15, -0.1) is 0 Å². The van der Waals surface area contributed by atoms with E-state index in [0.717, 1.165) is 0 Å². The van der Waals surface area contributed by atoms with E-state index in [1.807, 2.05) is 0 Å². The minimum Gasteiger partial charge on any atom is -0.484 e. The largest absolute Gasteiger partial charge is 0.484 e. The van der Waals surface area contributed by atoms with Crippen LogP contribution in [0.3, 0.4) is 0 Å². The maximum Gasteiger partial charge on any atom is 0.338 e. The van der Waals surface area contributed by atoms with Crippen molar-refractivity contribution in [1.82, 2.24) is 0 Å². The minimum atomic E-state index is -0.414. The van der Waals surface area contributed by atoms with Gasteiger partial charge in [-0.3, -0.25) is 4.79 Å². The summed E-state index contributed by atoms with van der Waals surface area (Å²) in [7, 11) is 0. The van der Waals surface area contributed by atoms with Crippen LogP contribution in [0.25, 0.3) is 0 Å². The van der Waals surface area contributed by atoms with E-state index >= 15 is 0 Å². The standard InChI is InChI=1S/C18H18FNO4/c1-3-23-18(22)13-5-8-15(9-6-13)24-11-17(21)20-14-7-4-12(2)16(19)10-14/h4-10H,3,11H2,1-2H3,(H,20,21). The third-order valence-corrected chi connectivity index (χ3v) is 3.19. The lowest BCUT2D eigenvalue weighted by Crippen LogP contribution is -2.20. The molecular weight excluding hydrogens is 313 g/mol. The molecule has 0 aliphatic carbocycles. The van der Waals surface area contributed by atoms with Crippen molar-refractivity contribution in [3.05, 3.63) is 59.4 Å². The number of carbonyl (C=O) groups excluding carboxylic acids is 2. The van der Waals surface area contributed by atoms with Gasteiger partial charge in [0.1, 0.15) is 11.6 Å². The van der Waals surface area contributed by atoms with Gasteiger partial charge in [0.25, 0.3) is 5.91 Å². The number of esters is 1. The molecule has 1 amide bonds. The molecule has 0 saturated heterocycles. The first-order chi connectivity index (χ1) is 11.5. The van der Waals surface area contributed by atoms with Crippen molar-refractivity contribution in [2.75, 3.05) is 18.5 Å². The Bertz CT molecular complexity index is 728. The molecule has 1 N–H and O–H groups in total. The number of nitrogens with one attached hydrogen (secondary N) is 1. The highest BCUT2D eigenvalue weighted by molar-refractivity contribution is 5.92. The molecule has 0 atom stereocenters. The van der Waals surface area contributed by atoms with Crippen molar-refractivity contribution in [1.29, 1.82) is 0 Å². The third kappa shape index (κ3) is 4.81. The average molecular weight is 331 g/mol. The minimum absolute atomic E-state index is 0.228. The van der Waals surface area contributed by atoms with Crippen molar-refractivity contribution in [3.63, 3.8) is 0 Å². The van der Waals surface area contributed by atoms with E-state index in [1.54, 1.807) is 50.2 Å². The smallest absolute Gasteiger partial charge is 0.338 e. The van der Waals surface area contributed by atoms with Crippen LogP contribution in [-0.4, -0.2) is 25.1 Å². The van der Waals surface area contributed by atoms with Crippen LogP contribution in [-0.2, 0) is 9.53 Å². The zero-order valence-corrected chi connectivity index (χ0v) is 13.5. The Morgan fingerprint density at radius 1 is 1.12 bits per heavy atom. The molecule has 24 heavy (non-hydrogen) atoms. The predicted molar refractivity (Wildman–Crippen MR) is 87.7 cm³/mol. The maximum atomic E-state index is 13.4. The molecule has 2 rings (SSSR count). The van der Waals surface area contributed by atoms with E-state index in [2.05, 4.69) is 5.32 Å². The third-order valence-electron chi connectivity index (χ3n) is 3.19. The van der Waals surface area contributed by atoms with E-state index in [4.69, 9.17) is 9.47 Å². The fourth-order valence-electron chi connectivity index (χ4n) is 1.92. The Kier molecular flexibility index (Phi) is 5.89. The Hall–Kier alpha value is -2.89. The summed E-state index contributed by atoms with van der Waals surface area (Å²) >= 11 is 0. The number of anilines is 1. The van der Waals surface area contributed by atoms with Gasteiger partial charge < -0.3 is 14.8 Å². The molecule has 0 aliphatic rings. The van der Waals surface area contributed by atoms with Gasteiger partial charge in [0.05, 0.1) is 12.2 Å². The number of amides is 1. The highest BCUT2D eigenvalue weighted by Crippen LogP contribution is 2.15. The molecule has 126 valence electrons. The maximum absolute atomic E-state index is 13.4. The van der Waals surface area contributed by atoms with Crippen molar-refractivity contribution >= 4 is 17.6 Å². The summed E-state index contributed by atoms with van der Waals surface area (Å²) in [5, 5.41) is 2.55. The molecule has 0 aliphatic heterocycles. The summed E-state index contributed by atoms with van der Waals surface area (Å²) < 4.78 is 23.6. The van der Waals surface area contributed by atoms with E-state index < -0.39 is 11.9 Å². The second kappa shape index (κ2) is 8.10. The SMILES string of the molecule is CCOC(=O)c1ccc(OCC(=O)Nc2ccc(C)c(F)c2)cc1. The molecule has 0 aromatic heterocycles. The Morgan fingerprint density at radius 2 is 1.83 bits per heavy atom. The van der Waals surface area contributed by atoms with Gasteiger partial charge in [-0.25, -0.2) is 9.18 Å². The van der Waals surface area contributed by atoms with Crippen LogP contribution in [0.2, 0.25) is 0 Å². The Labute approximate surface area is 139 Å². The van der Waals surface area contributed by atoms with Gasteiger partial charge >= 0.3 is 5.97 Å². The molecule has 5 nitrogen and oxygen atoms in total. The summed E-state index contributed by atoms with van der Waals surface area (Å²) in [6.07, 6.45) is 0. The lowest BCUT2D eigenvalue weighted by Gasteiger charge is -2.09. The van der Waals surface area contributed by atoms with Crippen LogP contribution in [0.5, 0.6) is 5.75 Å². The van der Waals surface area contributed by atoms with Gasteiger partial charge in [0, 0.05) is 5.69 Å². The monoisotopic (exact) mass is 331 g/mol. The zero-order valence-electron chi connectivity index (χ0n) is 13.5. The van der Waals surface area contributed by atoms with Gasteiger partial charge in [0.15, 0.2) is 6.61 Å². The number of ether oxygens (including phenoxy) is 2. The first-order valence-corrected chi connectivity index (χ1v) is 7.45. The second-order valence-electron chi connectivity index (χ2n) is 5.05. The summed E-state index contributed by atoms with van der Waals surface area (Å²) in [6, 6.07) is 10.7. The number of hydrogen-bond donors (Lipinski definition) is 1. The fourth-order valence-corrected chi connectivity index (χ4v) is 1.92.